The van der Waals surface area contributed by atoms with Gasteiger partial charge >= 0.3 is 0 Å². The maximum absolute atomic E-state index is 8.19. The van der Waals surface area contributed by atoms with Gasteiger partial charge in [-0.1, -0.05) is 5.11 Å². The Bertz CT molecular complexity index is 228. The number of rotatable bonds is 2. The summed E-state index contributed by atoms with van der Waals surface area (Å²) in [5.41, 5.74) is 8.19. The van der Waals surface area contributed by atoms with Crippen LogP contribution in [-0.4, -0.2) is 38.3 Å². The Kier molecular flexibility index (Phi) is 1.90. The highest BCUT2D eigenvalue weighted by Gasteiger charge is 2.54. The molecule has 66 valence electrons. The third-order valence-electron chi connectivity index (χ3n) is 2.07. The van der Waals surface area contributed by atoms with Crippen LogP contribution in [0.5, 0.6) is 0 Å². The van der Waals surface area contributed by atoms with E-state index in [0.717, 1.165) is 0 Å². The van der Waals surface area contributed by atoms with Crippen molar-refractivity contribution in [3.8, 4) is 0 Å². The van der Waals surface area contributed by atoms with E-state index in [4.69, 9.17) is 19.7 Å². The minimum atomic E-state index is -0.292. The first-order chi connectivity index (χ1) is 5.86. The Morgan fingerprint density at radius 1 is 1.58 bits per heavy atom. The van der Waals surface area contributed by atoms with Crippen molar-refractivity contribution in [2.24, 2.45) is 5.11 Å². The van der Waals surface area contributed by atoms with E-state index in [-0.39, 0.29) is 24.5 Å². The standard InChI is InChI=1S/C6H9N3O3/c1-10-6-5-4(12-5)3(2-11-6)8-9-7/h3-6H,2H2,1H3/t3-,4-,5-,6-/m0/s1. The van der Waals surface area contributed by atoms with Gasteiger partial charge in [0.1, 0.15) is 12.2 Å². The van der Waals surface area contributed by atoms with E-state index in [9.17, 15) is 0 Å². The van der Waals surface area contributed by atoms with Crippen LogP contribution in [0.1, 0.15) is 0 Å². The molecule has 0 amide bonds. The predicted octanol–water partition coefficient (Wildman–Crippen LogP) is 0.435. The van der Waals surface area contributed by atoms with Crippen LogP contribution < -0.4 is 0 Å². The number of epoxide rings is 1. The number of hydrogen-bond donors (Lipinski definition) is 0. The molecule has 2 heterocycles. The molecule has 0 aromatic carbocycles. The first kappa shape index (κ1) is 7.82. The maximum atomic E-state index is 8.19. The fourth-order valence-corrected chi connectivity index (χ4v) is 1.42. The minimum absolute atomic E-state index is 0.000370. The van der Waals surface area contributed by atoms with Crippen LogP contribution in [0.3, 0.4) is 0 Å². The molecular weight excluding hydrogens is 162 g/mol. The van der Waals surface area contributed by atoms with Crippen molar-refractivity contribution >= 4 is 0 Å². The first-order valence-corrected chi connectivity index (χ1v) is 3.71. The maximum Gasteiger partial charge on any atom is 0.185 e. The SMILES string of the molecule is CO[C@H]1OC[C@H](N=[N+]=[N-])[C@@H]2O[C@H]12. The fraction of sp³-hybridized carbons (Fsp3) is 1.00. The van der Waals surface area contributed by atoms with Crippen molar-refractivity contribution in [1.82, 2.24) is 0 Å². The molecule has 12 heavy (non-hydrogen) atoms. The molecule has 0 saturated carbocycles. The molecule has 0 radical (unpaired) electrons. The van der Waals surface area contributed by atoms with Gasteiger partial charge in [0.05, 0.1) is 12.6 Å². The second kappa shape index (κ2) is 2.91. The van der Waals surface area contributed by atoms with Gasteiger partial charge in [-0.3, -0.25) is 0 Å². The molecule has 0 aromatic heterocycles. The molecule has 0 bridgehead atoms. The van der Waals surface area contributed by atoms with Gasteiger partial charge < -0.3 is 14.2 Å². The highest BCUT2D eigenvalue weighted by molar-refractivity contribution is 5.00. The Hall–Kier alpha value is -0.810. The summed E-state index contributed by atoms with van der Waals surface area (Å²) in [5, 5.41) is 3.55. The average Bonchev–Trinajstić information content (AvgIpc) is 2.85. The van der Waals surface area contributed by atoms with Crippen molar-refractivity contribution in [1.29, 1.82) is 0 Å². The minimum Gasteiger partial charge on any atom is -0.364 e. The van der Waals surface area contributed by atoms with Gasteiger partial charge in [-0.25, -0.2) is 0 Å². The van der Waals surface area contributed by atoms with Crippen molar-refractivity contribution in [2.75, 3.05) is 13.7 Å². The lowest BCUT2D eigenvalue weighted by molar-refractivity contribution is -0.144. The summed E-state index contributed by atoms with van der Waals surface area (Å²) in [5.74, 6) is 0. The lowest BCUT2D eigenvalue weighted by Gasteiger charge is -2.20. The largest absolute Gasteiger partial charge is 0.364 e. The number of fused-ring (bicyclic) bond motifs is 1. The van der Waals surface area contributed by atoms with Gasteiger partial charge in [0.25, 0.3) is 0 Å². The highest BCUT2D eigenvalue weighted by Crippen LogP contribution is 2.36. The Morgan fingerprint density at radius 3 is 3.08 bits per heavy atom. The summed E-state index contributed by atoms with van der Waals surface area (Å²) >= 11 is 0. The zero-order valence-corrected chi connectivity index (χ0v) is 6.58. The van der Waals surface area contributed by atoms with Crippen LogP contribution in [0.15, 0.2) is 5.11 Å². The van der Waals surface area contributed by atoms with Crippen molar-refractivity contribution in [3.05, 3.63) is 10.4 Å². The zero-order valence-electron chi connectivity index (χ0n) is 6.58. The topological polar surface area (TPSA) is 79.8 Å². The summed E-state index contributed by atoms with van der Waals surface area (Å²) in [6.07, 6.45) is -0.334. The normalized spacial score (nSPS) is 44.4. The van der Waals surface area contributed by atoms with Crippen molar-refractivity contribution < 1.29 is 14.2 Å². The summed E-state index contributed by atoms with van der Waals surface area (Å²) < 4.78 is 15.5. The molecule has 0 N–H and O–H groups in total. The summed E-state index contributed by atoms with van der Waals surface area (Å²) in [6, 6.07) is -0.189. The Morgan fingerprint density at radius 2 is 2.42 bits per heavy atom. The molecule has 4 atom stereocenters. The van der Waals surface area contributed by atoms with E-state index in [1.807, 2.05) is 0 Å². The number of methoxy groups -OCH3 is 1. The molecule has 2 saturated heterocycles. The van der Waals surface area contributed by atoms with Crippen LogP contribution >= 0.6 is 0 Å². The van der Waals surface area contributed by atoms with Crippen LogP contribution in [0.25, 0.3) is 10.4 Å². The van der Waals surface area contributed by atoms with Gasteiger partial charge in [-0.2, -0.15) is 0 Å². The Balaban J connectivity index is 1.98. The van der Waals surface area contributed by atoms with Crippen LogP contribution in [0.2, 0.25) is 0 Å². The number of hydrogen-bond acceptors (Lipinski definition) is 4. The average molecular weight is 171 g/mol. The summed E-state index contributed by atoms with van der Waals surface area (Å²) in [7, 11) is 1.57. The molecule has 6 nitrogen and oxygen atoms in total. The molecule has 2 aliphatic rings. The molecule has 6 heteroatoms. The van der Waals surface area contributed by atoms with Crippen molar-refractivity contribution in [2.45, 2.75) is 24.5 Å². The molecule has 2 fully saturated rings. The molecule has 2 rings (SSSR count). The lowest BCUT2D eigenvalue weighted by Crippen LogP contribution is -2.37. The monoisotopic (exact) mass is 171 g/mol. The van der Waals surface area contributed by atoms with E-state index in [0.29, 0.717) is 6.61 Å². The summed E-state index contributed by atoms with van der Waals surface area (Å²) in [4.78, 5) is 2.71. The Labute approximate surface area is 69.0 Å². The van der Waals surface area contributed by atoms with Gasteiger partial charge in [0.2, 0.25) is 0 Å². The van der Waals surface area contributed by atoms with Gasteiger partial charge in [0.15, 0.2) is 6.29 Å². The van der Waals surface area contributed by atoms with Crippen LogP contribution in [0, 0.1) is 0 Å². The van der Waals surface area contributed by atoms with E-state index >= 15 is 0 Å². The number of azide groups is 1. The zero-order chi connectivity index (χ0) is 8.55. The van der Waals surface area contributed by atoms with E-state index in [1.54, 1.807) is 7.11 Å². The van der Waals surface area contributed by atoms with Crippen molar-refractivity contribution in [3.63, 3.8) is 0 Å². The smallest absolute Gasteiger partial charge is 0.185 e. The number of ether oxygens (including phenoxy) is 3. The molecule has 2 aliphatic heterocycles. The van der Waals surface area contributed by atoms with Crippen LogP contribution in [0.4, 0.5) is 0 Å². The second-order valence-corrected chi connectivity index (χ2v) is 2.78. The fourth-order valence-electron chi connectivity index (χ4n) is 1.42. The van der Waals surface area contributed by atoms with E-state index in [2.05, 4.69) is 10.0 Å². The van der Waals surface area contributed by atoms with Crippen LogP contribution in [-0.2, 0) is 14.2 Å². The second-order valence-electron chi connectivity index (χ2n) is 2.78. The van der Waals surface area contributed by atoms with E-state index < -0.39 is 0 Å². The summed E-state index contributed by atoms with van der Waals surface area (Å²) in [6.45, 7) is 0.379. The molecule has 0 unspecified atom stereocenters. The van der Waals surface area contributed by atoms with Gasteiger partial charge in [0, 0.05) is 12.0 Å². The predicted molar refractivity (Wildman–Crippen MR) is 38.3 cm³/mol. The lowest BCUT2D eigenvalue weighted by atomic mass is 10.1. The molecular formula is C6H9N3O3. The van der Waals surface area contributed by atoms with E-state index in [1.165, 1.54) is 0 Å². The number of nitrogens with zero attached hydrogens (tertiary/aromatic N) is 3. The first-order valence-electron chi connectivity index (χ1n) is 3.71. The quantitative estimate of drug-likeness (QED) is 0.261. The third-order valence-corrected chi connectivity index (χ3v) is 2.07. The third kappa shape index (κ3) is 1.15. The van der Waals surface area contributed by atoms with Gasteiger partial charge in [-0.05, 0) is 5.53 Å². The highest BCUT2D eigenvalue weighted by atomic mass is 16.7. The molecule has 0 aromatic rings. The molecule has 0 spiro atoms. The molecule has 0 aliphatic carbocycles. The van der Waals surface area contributed by atoms with Gasteiger partial charge in [-0.15, -0.1) is 0 Å².